The first-order valence-electron chi connectivity index (χ1n) is 6.77. The summed E-state index contributed by atoms with van der Waals surface area (Å²) in [5.74, 6) is 0.366. The van der Waals surface area contributed by atoms with Crippen LogP contribution in [0, 0.1) is 0 Å². The zero-order chi connectivity index (χ0) is 14.5. The lowest BCUT2D eigenvalue weighted by atomic mass is 10.0. The molecule has 0 saturated heterocycles. The molecule has 2 aromatic carbocycles. The molecular weight excluding hydrogens is 248 g/mol. The van der Waals surface area contributed by atoms with Gasteiger partial charge < -0.3 is 0 Å². The predicted molar refractivity (Wildman–Crippen MR) is 82.8 cm³/mol. The molecule has 0 saturated carbocycles. The molecule has 3 heteroatoms. The van der Waals surface area contributed by atoms with E-state index in [1.54, 1.807) is 5.01 Å². The van der Waals surface area contributed by atoms with Crippen molar-refractivity contribution in [3.05, 3.63) is 65.7 Å². The van der Waals surface area contributed by atoms with Gasteiger partial charge >= 0.3 is 0 Å². The van der Waals surface area contributed by atoms with E-state index in [2.05, 4.69) is 19.3 Å². The van der Waals surface area contributed by atoms with Gasteiger partial charge in [-0.3, -0.25) is 15.2 Å². The van der Waals surface area contributed by atoms with Gasteiger partial charge in [0, 0.05) is 12.6 Å². The van der Waals surface area contributed by atoms with Crippen molar-refractivity contribution in [3.8, 4) is 0 Å². The van der Waals surface area contributed by atoms with Gasteiger partial charge in [-0.25, -0.2) is 0 Å². The van der Waals surface area contributed by atoms with Gasteiger partial charge in [-0.2, -0.15) is 0 Å². The molecule has 0 fully saturated rings. The van der Waals surface area contributed by atoms with Gasteiger partial charge in [0.1, 0.15) is 0 Å². The summed E-state index contributed by atoms with van der Waals surface area (Å²) in [5, 5.41) is 1.72. The van der Waals surface area contributed by atoms with Gasteiger partial charge in [-0.15, -0.1) is 0 Å². The van der Waals surface area contributed by atoms with Crippen LogP contribution in [0.5, 0.6) is 0 Å². The highest BCUT2D eigenvalue weighted by molar-refractivity contribution is 5.95. The Morgan fingerprint density at radius 2 is 1.60 bits per heavy atom. The van der Waals surface area contributed by atoms with Gasteiger partial charge in [0.05, 0.1) is 5.69 Å². The highest BCUT2D eigenvalue weighted by Crippen LogP contribution is 2.15. The Morgan fingerprint density at radius 3 is 2.15 bits per heavy atom. The van der Waals surface area contributed by atoms with E-state index in [1.807, 2.05) is 61.6 Å². The van der Waals surface area contributed by atoms with Gasteiger partial charge in [0.15, 0.2) is 0 Å². The second-order valence-corrected chi connectivity index (χ2v) is 5.11. The Labute approximate surface area is 120 Å². The lowest BCUT2D eigenvalue weighted by Gasteiger charge is -2.20. The summed E-state index contributed by atoms with van der Waals surface area (Å²) in [7, 11) is 1.83. The molecule has 0 aliphatic carbocycles. The molecule has 0 aromatic heterocycles. The third-order valence-electron chi connectivity index (χ3n) is 3.25. The SMILES string of the molecule is CC(C)c1ccc(C(=O)NN(C)c2ccccc2)cc1. The second-order valence-electron chi connectivity index (χ2n) is 5.11. The molecule has 0 aliphatic rings. The highest BCUT2D eigenvalue weighted by Gasteiger charge is 2.09. The first-order valence-corrected chi connectivity index (χ1v) is 6.77. The summed E-state index contributed by atoms with van der Waals surface area (Å²) in [6.45, 7) is 4.27. The Morgan fingerprint density at radius 1 is 1.00 bits per heavy atom. The van der Waals surface area contributed by atoms with Crippen molar-refractivity contribution >= 4 is 11.6 Å². The number of hydrogen-bond donors (Lipinski definition) is 1. The maximum atomic E-state index is 12.2. The van der Waals surface area contributed by atoms with Crippen molar-refractivity contribution in [1.82, 2.24) is 5.43 Å². The quantitative estimate of drug-likeness (QED) is 0.859. The van der Waals surface area contributed by atoms with Crippen molar-refractivity contribution < 1.29 is 4.79 Å². The monoisotopic (exact) mass is 268 g/mol. The van der Waals surface area contributed by atoms with Crippen LogP contribution in [0.1, 0.15) is 35.7 Å². The smallest absolute Gasteiger partial charge is 0.269 e. The number of rotatable bonds is 4. The van der Waals surface area contributed by atoms with E-state index in [4.69, 9.17) is 0 Å². The average molecular weight is 268 g/mol. The molecule has 2 rings (SSSR count). The maximum absolute atomic E-state index is 12.2. The maximum Gasteiger partial charge on any atom is 0.269 e. The third-order valence-corrected chi connectivity index (χ3v) is 3.25. The lowest BCUT2D eigenvalue weighted by molar-refractivity contribution is 0.0951. The Bertz CT molecular complexity index is 561. The molecule has 1 amide bonds. The van der Waals surface area contributed by atoms with E-state index in [9.17, 15) is 4.79 Å². The van der Waals surface area contributed by atoms with Crippen molar-refractivity contribution in [2.75, 3.05) is 12.1 Å². The molecule has 0 spiro atoms. The average Bonchev–Trinajstić information content (AvgIpc) is 2.48. The summed E-state index contributed by atoms with van der Waals surface area (Å²) >= 11 is 0. The van der Waals surface area contributed by atoms with Crippen molar-refractivity contribution in [2.24, 2.45) is 0 Å². The van der Waals surface area contributed by atoms with E-state index in [1.165, 1.54) is 5.56 Å². The normalized spacial score (nSPS) is 10.4. The number of benzene rings is 2. The minimum absolute atomic E-state index is 0.105. The summed E-state index contributed by atoms with van der Waals surface area (Å²) < 4.78 is 0. The first kappa shape index (κ1) is 14.1. The molecule has 0 unspecified atom stereocenters. The number of hydrogen-bond acceptors (Lipinski definition) is 2. The fraction of sp³-hybridized carbons (Fsp3) is 0.235. The molecule has 104 valence electrons. The predicted octanol–water partition coefficient (Wildman–Crippen LogP) is 3.59. The van der Waals surface area contributed by atoms with E-state index in [-0.39, 0.29) is 5.91 Å². The number of para-hydroxylation sites is 1. The van der Waals surface area contributed by atoms with Crippen LogP contribution in [0.2, 0.25) is 0 Å². The molecule has 0 bridgehead atoms. The van der Waals surface area contributed by atoms with E-state index in [0.29, 0.717) is 11.5 Å². The minimum atomic E-state index is -0.105. The van der Waals surface area contributed by atoms with E-state index in [0.717, 1.165) is 5.69 Å². The van der Waals surface area contributed by atoms with E-state index < -0.39 is 0 Å². The summed E-state index contributed by atoms with van der Waals surface area (Å²) in [5.41, 5.74) is 5.70. The summed E-state index contributed by atoms with van der Waals surface area (Å²) in [4.78, 5) is 12.2. The third kappa shape index (κ3) is 3.38. The molecule has 0 aliphatic heterocycles. The van der Waals surface area contributed by atoms with Crippen molar-refractivity contribution in [3.63, 3.8) is 0 Å². The number of carbonyl (C=O) groups excluding carboxylic acids is 1. The van der Waals surface area contributed by atoms with Gasteiger partial charge in [-0.1, -0.05) is 44.2 Å². The van der Waals surface area contributed by atoms with Crippen molar-refractivity contribution in [2.45, 2.75) is 19.8 Å². The summed E-state index contributed by atoms with van der Waals surface area (Å²) in [6.07, 6.45) is 0. The zero-order valence-corrected chi connectivity index (χ0v) is 12.1. The summed E-state index contributed by atoms with van der Waals surface area (Å²) in [6, 6.07) is 17.5. The van der Waals surface area contributed by atoms with Gasteiger partial charge in [-0.05, 0) is 35.7 Å². The van der Waals surface area contributed by atoms with Crippen LogP contribution in [0.3, 0.4) is 0 Å². The molecule has 20 heavy (non-hydrogen) atoms. The standard InChI is InChI=1S/C17H20N2O/c1-13(2)14-9-11-15(12-10-14)17(20)18-19(3)16-7-5-4-6-8-16/h4-13H,1-3H3,(H,18,20). The zero-order valence-electron chi connectivity index (χ0n) is 12.1. The number of hydrazine groups is 1. The number of nitrogens with one attached hydrogen (secondary N) is 1. The van der Waals surface area contributed by atoms with Gasteiger partial charge in [0.2, 0.25) is 0 Å². The molecule has 3 nitrogen and oxygen atoms in total. The minimum Gasteiger partial charge on any atom is -0.288 e. The van der Waals surface area contributed by atoms with Crippen LogP contribution >= 0.6 is 0 Å². The topological polar surface area (TPSA) is 32.3 Å². The Kier molecular flexibility index (Phi) is 4.41. The fourth-order valence-corrected chi connectivity index (χ4v) is 1.95. The molecular formula is C17H20N2O. The molecule has 0 atom stereocenters. The first-order chi connectivity index (χ1) is 9.58. The van der Waals surface area contributed by atoms with Gasteiger partial charge in [0.25, 0.3) is 5.91 Å². The van der Waals surface area contributed by atoms with Crippen LogP contribution in [0.4, 0.5) is 5.69 Å². The Hall–Kier alpha value is -2.29. The van der Waals surface area contributed by atoms with Crippen LogP contribution in [0.15, 0.2) is 54.6 Å². The molecule has 1 N–H and O–H groups in total. The van der Waals surface area contributed by atoms with Crippen molar-refractivity contribution in [1.29, 1.82) is 0 Å². The second kappa shape index (κ2) is 6.24. The fourth-order valence-electron chi connectivity index (χ4n) is 1.95. The number of anilines is 1. The van der Waals surface area contributed by atoms with Crippen LogP contribution < -0.4 is 10.4 Å². The van der Waals surface area contributed by atoms with Crippen LogP contribution in [-0.2, 0) is 0 Å². The number of nitrogens with zero attached hydrogens (tertiary/aromatic N) is 1. The molecule has 2 aromatic rings. The molecule has 0 heterocycles. The highest BCUT2D eigenvalue weighted by atomic mass is 16.2. The number of carbonyl (C=O) groups is 1. The van der Waals surface area contributed by atoms with Crippen LogP contribution in [0.25, 0.3) is 0 Å². The number of amides is 1. The lowest BCUT2D eigenvalue weighted by Crippen LogP contribution is -2.39. The Balaban J connectivity index is 2.05. The largest absolute Gasteiger partial charge is 0.288 e. The van der Waals surface area contributed by atoms with Crippen LogP contribution in [-0.4, -0.2) is 13.0 Å². The van der Waals surface area contributed by atoms with E-state index >= 15 is 0 Å². The molecule has 0 radical (unpaired) electrons.